The van der Waals surface area contributed by atoms with Crippen LogP contribution in [-0.4, -0.2) is 21.1 Å². The molecule has 0 aliphatic carbocycles. The van der Waals surface area contributed by atoms with Gasteiger partial charge in [-0.25, -0.2) is 0 Å². The monoisotopic (exact) mass is 216 g/mol. The zero-order chi connectivity index (χ0) is 11.6. The summed E-state index contributed by atoms with van der Waals surface area (Å²) in [5, 5.41) is 0. The molecule has 1 aromatic carbocycles. The van der Waals surface area contributed by atoms with E-state index in [2.05, 4.69) is 19.1 Å². The average Bonchev–Trinajstić information content (AvgIpc) is 2.30. The first kappa shape index (κ1) is 13.3. The van der Waals surface area contributed by atoms with Crippen molar-refractivity contribution >= 4 is 13.3 Å². The highest BCUT2D eigenvalue weighted by Gasteiger charge is 1.93. The fourth-order valence-corrected chi connectivity index (χ4v) is 1.57. The Morgan fingerprint density at radius 3 is 2.38 bits per heavy atom. The van der Waals surface area contributed by atoms with E-state index in [1.165, 1.54) is 24.8 Å². The van der Waals surface area contributed by atoms with Crippen LogP contribution in [-0.2, 0) is 11.2 Å². The maximum atomic E-state index is 5.63. The minimum absolute atomic E-state index is 0.839. The van der Waals surface area contributed by atoms with E-state index in [9.17, 15) is 0 Å². The molecule has 1 nitrogen and oxygen atoms in total. The normalized spacial score (nSPS) is 10.6. The minimum atomic E-state index is 0.839. The smallest absolute Gasteiger partial charge is 0.113 e. The molecule has 2 radical (unpaired) electrons. The predicted octanol–water partition coefficient (Wildman–Crippen LogP) is 2.62. The van der Waals surface area contributed by atoms with Crippen LogP contribution in [0.25, 0.3) is 0 Å². The van der Waals surface area contributed by atoms with Gasteiger partial charge in [-0.05, 0) is 31.2 Å². The molecule has 1 rings (SSSR count). The van der Waals surface area contributed by atoms with Gasteiger partial charge in [-0.15, -0.1) is 0 Å². The Morgan fingerprint density at radius 1 is 1.00 bits per heavy atom. The van der Waals surface area contributed by atoms with Crippen LogP contribution in [0.15, 0.2) is 24.3 Å². The van der Waals surface area contributed by atoms with Crippen LogP contribution in [0.5, 0.6) is 0 Å². The van der Waals surface area contributed by atoms with Crippen molar-refractivity contribution in [2.45, 2.75) is 39.0 Å². The van der Waals surface area contributed by atoms with Crippen LogP contribution in [0.3, 0.4) is 0 Å². The lowest BCUT2D eigenvalue weighted by atomic mass is 9.94. The van der Waals surface area contributed by atoms with Gasteiger partial charge in [-0.1, -0.05) is 43.1 Å². The number of aryl methyl sites for hydroxylation is 1. The van der Waals surface area contributed by atoms with E-state index in [1.807, 2.05) is 12.1 Å². The van der Waals surface area contributed by atoms with E-state index in [1.54, 1.807) is 0 Å². The van der Waals surface area contributed by atoms with Gasteiger partial charge in [0.25, 0.3) is 0 Å². The standard InChI is InChI=1S/C14H21BO/c1-2-3-11-16-12-5-4-6-13-7-9-14(15)10-8-13/h7-10H,2-6,11-12H2,1H3. The lowest BCUT2D eigenvalue weighted by molar-refractivity contribution is 0.127. The van der Waals surface area contributed by atoms with Crippen LogP contribution >= 0.6 is 0 Å². The summed E-state index contributed by atoms with van der Waals surface area (Å²) >= 11 is 0. The summed E-state index contributed by atoms with van der Waals surface area (Å²) in [7, 11) is 5.63. The molecule has 0 amide bonds. The third-order valence-electron chi connectivity index (χ3n) is 2.63. The lowest BCUT2D eigenvalue weighted by Crippen LogP contribution is -2.01. The molecule has 0 saturated heterocycles. The molecule has 16 heavy (non-hydrogen) atoms. The third-order valence-corrected chi connectivity index (χ3v) is 2.63. The maximum Gasteiger partial charge on any atom is 0.113 e. The van der Waals surface area contributed by atoms with Gasteiger partial charge in [0.2, 0.25) is 0 Å². The van der Waals surface area contributed by atoms with Crippen LogP contribution in [0.2, 0.25) is 0 Å². The Balaban J connectivity index is 2.01. The second kappa shape index (κ2) is 8.40. The van der Waals surface area contributed by atoms with Crippen molar-refractivity contribution in [3.8, 4) is 0 Å². The van der Waals surface area contributed by atoms with Crippen molar-refractivity contribution in [2.75, 3.05) is 13.2 Å². The maximum absolute atomic E-state index is 5.63. The summed E-state index contributed by atoms with van der Waals surface area (Å²) in [6, 6.07) is 8.14. The quantitative estimate of drug-likeness (QED) is 0.479. The third kappa shape index (κ3) is 5.97. The number of unbranched alkanes of at least 4 members (excludes halogenated alkanes) is 2. The first-order valence-electron chi connectivity index (χ1n) is 6.25. The number of hydrogen-bond acceptors (Lipinski definition) is 1. The Labute approximate surface area is 101 Å². The fourth-order valence-electron chi connectivity index (χ4n) is 1.57. The van der Waals surface area contributed by atoms with Crippen molar-refractivity contribution < 1.29 is 4.74 Å². The Morgan fingerprint density at radius 2 is 1.69 bits per heavy atom. The molecule has 86 valence electrons. The second-order valence-electron chi connectivity index (χ2n) is 4.16. The van der Waals surface area contributed by atoms with E-state index in [0.717, 1.165) is 31.5 Å². The molecule has 1 aromatic rings. The average molecular weight is 216 g/mol. The van der Waals surface area contributed by atoms with Crippen molar-refractivity contribution in [1.29, 1.82) is 0 Å². The summed E-state index contributed by atoms with van der Waals surface area (Å²) in [4.78, 5) is 0. The van der Waals surface area contributed by atoms with Crippen LogP contribution in [0, 0.1) is 0 Å². The zero-order valence-corrected chi connectivity index (χ0v) is 10.2. The van der Waals surface area contributed by atoms with E-state index in [0.29, 0.717) is 0 Å². The number of benzene rings is 1. The first-order chi connectivity index (χ1) is 7.83. The summed E-state index contributed by atoms with van der Waals surface area (Å²) in [6.45, 7) is 4.00. The van der Waals surface area contributed by atoms with Crippen LogP contribution in [0.4, 0.5) is 0 Å². The minimum Gasteiger partial charge on any atom is -0.381 e. The molecule has 0 bridgehead atoms. The van der Waals surface area contributed by atoms with Crippen molar-refractivity contribution in [1.82, 2.24) is 0 Å². The molecular weight excluding hydrogens is 195 g/mol. The Kier molecular flexibility index (Phi) is 6.99. The zero-order valence-electron chi connectivity index (χ0n) is 10.2. The number of rotatable bonds is 8. The van der Waals surface area contributed by atoms with E-state index in [-0.39, 0.29) is 0 Å². The molecule has 0 aliphatic rings. The van der Waals surface area contributed by atoms with Crippen LogP contribution < -0.4 is 5.46 Å². The first-order valence-corrected chi connectivity index (χ1v) is 6.25. The molecule has 0 atom stereocenters. The van der Waals surface area contributed by atoms with Crippen molar-refractivity contribution in [3.63, 3.8) is 0 Å². The Bertz CT molecular complexity index is 269. The number of ether oxygens (including phenoxy) is 1. The van der Waals surface area contributed by atoms with Crippen molar-refractivity contribution in [2.24, 2.45) is 0 Å². The fraction of sp³-hybridized carbons (Fsp3) is 0.571. The van der Waals surface area contributed by atoms with Crippen molar-refractivity contribution in [3.05, 3.63) is 29.8 Å². The molecule has 0 heterocycles. The van der Waals surface area contributed by atoms with E-state index >= 15 is 0 Å². The predicted molar refractivity (Wildman–Crippen MR) is 70.5 cm³/mol. The SMILES string of the molecule is [B]c1ccc(CCCCOCCCC)cc1. The molecule has 2 heteroatoms. The van der Waals surface area contributed by atoms with Gasteiger partial charge in [-0.3, -0.25) is 0 Å². The van der Waals surface area contributed by atoms with Gasteiger partial charge in [0, 0.05) is 13.2 Å². The molecule has 0 spiro atoms. The molecule has 0 unspecified atom stereocenters. The highest BCUT2D eigenvalue weighted by Crippen LogP contribution is 2.03. The molecule has 0 saturated carbocycles. The van der Waals surface area contributed by atoms with Gasteiger partial charge >= 0.3 is 0 Å². The molecule has 0 aliphatic heterocycles. The highest BCUT2D eigenvalue weighted by molar-refractivity contribution is 6.32. The van der Waals surface area contributed by atoms with Gasteiger partial charge in [-0.2, -0.15) is 0 Å². The summed E-state index contributed by atoms with van der Waals surface area (Å²) in [5.74, 6) is 0. The summed E-state index contributed by atoms with van der Waals surface area (Å²) in [5.41, 5.74) is 2.20. The van der Waals surface area contributed by atoms with E-state index in [4.69, 9.17) is 12.6 Å². The van der Waals surface area contributed by atoms with Gasteiger partial charge in [0.05, 0.1) is 0 Å². The summed E-state index contributed by atoms with van der Waals surface area (Å²) in [6.07, 6.45) is 5.85. The molecule has 0 fully saturated rings. The molecule has 0 N–H and O–H groups in total. The molecular formula is C14H21BO. The molecule has 0 aromatic heterocycles. The largest absolute Gasteiger partial charge is 0.381 e. The highest BCUT2D eigenvalue weighted by atomic mass is 16.5. The number of hydrogen-bond donors (Lipinski definition) is 0. The van der Waals surface area contributed by atoms with E-state index < -0.39 is 0 Å². The Hall–Kier alpha value is -0.755. The summed E-state index contributed by atoms with van der Waals surface area (Å²) < 4.78 is 5.51. The second-order valence-corrected chi connectivity index (χ2v) is 4.16. The van der Waals surface area contributed by atoms with Gasteiger partial charge in [0.1, 0.15) is 7.85 Å². The van der Waals surface area contributed by atoms with Gasteiger partial charge < -0.3 is 4.74 Å². The van der Waals surface area contributed by atoms with Gasteiger partial charge in [0.15, 0.2) is 0 Å². The topological polar surface area (TPSA) is 9.23 Å². The van der Waals surface area contributed by atoms with Crippen LogP contribution in [0.1, 0.15) is 38.2 Å². The lowest BCUT2D eigenvalue weighted by Gasteiger charge is -2.04.